The van der Waals surface area contributed by atoms with E-state index in [9.17, 15) is 0 Å². The van der Waals surface area contributed by atoms with Gasteiger partial charge in [0, 0.05) is 0 Å². The van der Waals surface area contributed by atoms with Crippen molar-refractivity contribution in [3.8, 4) is 0 Å². The van der Waals surface area contributed by atoms with Gasteiger partial charge < -0.3 is 5.73 Å². The molecule has 0 aromatic heterocycles. The molecule has 0 saturated carbocycles. The summed E-state index contributed by atoms with van der Waals surface area (Å²) in [6, 6.07) is 0. The molecule has 0 aromatic carbocycles. The van der Waals surface area contributed by atoms with Gasteiger partial charge in [0.15, 0.2) is 0 Å². The lowest BCUT2D eigenvalue weighted by Crippen LogP contribution is -2.03. The summed E-state index contributed by atoms with van der Waals surface area (Å²) in [5.41, 5.74) is 5.07. The molecule has 0 spiro atoms. The zero-order valence-corrected chi connectivity index (χ0v) is 5.85. The van der Waals surface area contributed by atoms with E-state index in [2.05, 4.69) is 6.92 Å². The number of unbranched alkanes of at least 4 members (excludes halogenated alkanes) is 2. The predicted molar refractivity (Wildman–Crippen MR) is 40.6 cm³/mol. The fraction of sp³-hybridized carbons (Fsp3) is 0.571. The molecular weight excluding hydrogens is 112 g/mol. The molecule has 0 aliphatic heterocycles. The molecule has 0 fully saturated rings. The second kappa shape index (κ2) is 5.35. The van der Waals surface area contributed by atoms with E-state index in [4.69, 9.17) is 11.1 Å². The Labute approximate surface area is 56.3 Å². The molecule has 2 nitrogen and oxygen atoms in total. The van der Waals surface area contributed by atoms with E-state index in [-0.39, 0.29) is 5.84 Å². The molecule has 0 aromatic rings. The average molecular weight is 126 g/mol. The fourth-order valence-corrected chi connectivity index (χ4v) is 0.532. The highest BCUT2D eigenvalue weighted by Gasteiger charge is 1.78. The van der Waals surface area contributed by atoms with Crippen molar-refractivity contribution < 1.29 is 0 Å². The minimum absolute atomic E-state index is 0.145. The Kier molecular flexibility index (Phi) is 4.88. The second-order valence-corrected chi connectivity index (χ2v) is 2.00. The van der Waals surface area contributed by atoms with E-state index < -0.39 is 0 Å². The number of nitrogens with two attached hydrogens (primary N) is 1. The standard InChI is InChI=1S/C7H14N2/c1-2-3-4-5-6-7(8)9/h5-6H,2-4H2,1H3,(H3,8,9)/b6-5+. The first-order valence-corrected chi connectivity index (χ1v) is 3.28. The van der Waals surface area contributed by atoms with Crippen LogP contribution in [0.4, 0.5) is 0 Å². The molecule has 0 atom stereocenters. The average Bonchev–Trinajstić information content (AvgIpc) is 1.80. The maximum absolute atomic E-state index is 6.82. The maximum atomic E-state index is 6.82. The number of allylic oxidation sites excluding steroid dienone is 1. The molecular formula is C7H14N2. The first-order valence-electron chi connectivity index (χ1n) is 3.28. The van der Waals surface area contributed by atoms with Gasteiger partial charge in [-0.1, -0.05) is 25.8 Å². The van der Waals surface area contributed by atoms with Gasteiger partial charge in [-0.2, -0.15) is 0 Å². The van der Waals surface area contributed by atoms with Crippen LogP contribution in [-0.4, -0.2) is 5.84 Å². The van der Waals surface area contributed by atoms with Gasteiger partial charge in [-0.3, -0.25) is 5.41 Å². The Morgan fingerprint density at radius 3 is 2.78 bits per heavy atom. The van der Waals surface area contributed by atoms with Crippen molar-refractivity contribution >= 4 is 5.84 Å². The van der Waals surface area contributed by atoms with Crippen LogP contribution in [0.3, 0.4) is 0 Å². The molecule has 52 valence electrons. The summed E-state index contributed by atoms with van der Waals surface area (Å²) >= 11 is 0. The van der Waals surface area contributed by atoms with Gasteiger partial charge in [0.2, 0.25) is 0 Å². The van der Waals surface area contributed by atoms with Crippen molar-refractivity contribution in [3.63, 3.8) is 0 Å². The van der Waals surface area contributed by atoms with Crippen molar-refractivity contribution in [2.45, 2.75) is 26.2 Å². The van der Waals surface area contributed by atoms with E-state index in [1.165, 1.54) is 12.8 Å². The van der Waals surface area contributed by atoms with Crippen LogP contribution in [0.15, 0.2) is 12.2 Å². The molecule has 9 heavy (non-hydrogen) atoms. The van der Waals surface area contributed by atoms with Gasteiger partial charge in [-0.05, 0) is 12.5 Å². The number of hydrogen-bond acceptors (Lipinski definition) is 1. The summed E-state index contributed by atoms with van der Waals surface area (Å²) in [5, 5.41) is 6.82. The lowest BCUT2D eigenvalue weighted by Gasteiger charge is -1.86. The highest BCUT2D eigenvalue weighted by Crippen LogP contribution is 1.93. The maximum Gasteiger partial charge on any atom is 0.114 e. The Morgan fingerprint density at radius 2 is 2.33 bits per heavy atom. The predicted octanol–water partition coefficient (Wildman–Crippen LogP) is 1.67. The van der Waals surface area contributed by atoms with Gasteiger partial charge in [0.1, 0.15) is 5.84 Å². The van der Waals surface area contributed by atoms with E-state index in [1.54, 1.807) is 6.08 Å². The third kappa shape index (κ3) is 7.21. The van der Waals surface area contributed by atoms with Crippen LogP contribution in [0.1, 0.15) is 26.2 Å². The summed E-state index contributed by atoms with van der Waals surface area (Å²) in [5.74, 6) is 0.145. The highest BCUT2D eigenvalue weighted by atomic mass is 14.7. The zero-order chi connectivity index (χ0) is 7.11. The monoisotopic (exact) mass is 126 g/mol. The molecule has 3 N–H and O–H groups in total. The van der Waals surface area contributed by atoms with Crippen molar-refractivity contribution in [2.24, 2.45) is 5.73 Å². The van der Waals surface area contributed by atoms with Crippen molar-refractivity contribution in [2.75, 3.05) is 0 Å². The van der Waals surface area contributed by atoms with E-state index >= 15 is 0 Å². The number of nitrogens with one attached hydrogen (secondary N) is 1. The van der Waals surface area contributed by atoms with Crippen LogP contribution < -0.4 is 5.73 Å². The molecule has 0 saturated heterocycles. The molecule has 0 unspecified atom stereocenters. The molecule has 0 heterocycles. The summed E-state index contributed by atoms with van der Waals surface area (Å²) in [6.07, 6.45) is 6.99. The third-order valence-corrected chi connectivity index (χ3v) is 1.02. The first-order chi connectivity index (χ1) is 4.27. The lowest BCUT2D eigenvalue weighted by molar-refractivity contribution is 0.815. The Bertz CT molecular complexity index is 105. The normalized spacial score (nSPS) is 10.3. The summed E-state index contributed by atoms with van der Waals surface area (Å²) in [6.45, 7) is 2.14. The topological polar surface area (TPSA) is 49.9 Å². The second-order valence-electron chi connectivity index (χ2n) is 2.00. The van der Waals surface area contributed by atoms with E-state index in [0.717, 1.165) is 6.42 Å². The van der Waals surface area contributed by atoms with Crippen LogP contribution in [-0.2, 0) is 0 Å². The fourth-order valence-electron chi connectivity index (χ4n) is 0.532. The Balaban J connectivity index is 3.15. The third-order valence-electron chi connectivity index (χ3n) is 1.02. The molecule has 2 heteroatoms. The van der Waals surface area contributed by atoms with Gasteiger partial charge in [-0.25, -0.2) is 0 Å². The van der Waals surface area contributed by atoms with Crippen molar-refractivity contribution in [1.82, 2.24) is 0 Å². The summed E-state index contributed by atoms with van der Waals surface area (Å²) in [7, 11) is 0. The molecule has 0 radical (unpaired) electrons. The molecule has 0 amide bonds. The van der Waals surface area contributed by atoms with Gasteiger partial charge >= 0.3 is 0 Å². The molecule has 0 rings (SSSR count). The van der Waals surface area contributed by atoms with Crippen molar-refractivity contribution in [1.29, 1.82) is 5.41 Å². The zero-order valence-electron chi connectivity index (χ0n) is 5.85. The smallest absolute Gasteiger partial charge is 0.114 e. The highest BCUT2D eigenvalue weighted by molar-refractivity contribution is 5.88. The van der Waals surface area contributed by atoms with Crippen LogP contribution in [0.25, 0.3) is 0 Å². The number of amidine groups is 1. The molecule has 0 aliphatic rings. The van der Waals surface area contributed by atoms with Crippen LogP contribution in [0, 0.1) is 5.41 Å². The van der Waals surface area contributed by atoms with E-state index in [1.807, 2.05) is 6.08 Å². The quantitative estimate of drug-likeness (QED) is 0.336. The largest absolute Gasteiger partial charge is 0.384 e. The van der Waals surface area contributed by atoms with Crippen LogP contribution >= 0.6 is 0 Å². The lowest BCUT2D eigenvalue weighted by atomic mass is 10.2. The van der Waals surface area contributed by atoms with Gasteiger partial charge in [-0.15, -0.1) is 0 Å². The van der Waals surface area contributed by atoms with Gasteiger partial charge in [0.05, 0.1) is 0 Å². The number of rotatable bonds is 4. The summed E-state index contributed by atoms with van der Waals surface area (Å²) in [4.78, 5) is 0. The van der Waals surface area contributed by atoms with Crippen LogP contribution in [0.5, 0.6) is 0 Å². The summed E-state index contributed by atoms with van der Waals surface area (Å²) < 4.78 is 0. The number of hydrogen-bond donors (Lipinski definition) is 2. The van der Waals surface area contributed by atoms with E-state index in [0.29, 0.717) is 0 Å². The molecule has 0 bridgehead atoms. The SMILES string of the molecule is CCCC/C=C/C(=N)N. The van der Waals surface area contributed by atoms with Gasteiger partial charge in [0.25, 0.3) is 0 Å². The molecule has 0 aliphatic carbocycles. The van der Waals surface area contributed by atoms with Crippen molar-refractivity contribution in [3.05, 3.63) is 12.2 Å². The van der Waals surface area contributed by atoms with Crippen LogP contribution in [0.2, 0.25) is 0 Å². The minimum atomic E-state index is 0.145. The Morgan fingerprint density at radius 1 is 1.67 bits per heavy atom. The minimum Gasteiger partial charge on any atom is -0.384 e. The Hall–Kier alpha value is -0.790. The first kappa shape index (κ1) is 8.21.